The number of allylic oxidation sites excluding steroid dienone is 2. The van der Waals surface area contributed by atoms with Crippen LogP contribution in [0.25, 0.3) is 6.08 Å². The van der Waals surface area contributed by atoms with Crippen molar-refractivity contribution in [3.05, 3.63) is 52.6 Å². The lowest BCUT2D eigenvalue weighted by Crippen LogP contribution is -2.04. The van der Waals surface area contributed by atoms with E-state index in [0.29, 0.717) is 0 Å². The van der Waals surface area contributed by atoms with Crippen LogP contribution in [-0.2, 0) is 12.8 Å². The number of hydrogen-bond acceptors (Lipinski definition) is 0. The minimum Gasteiger partial charge on any atom is -0.103 e. The topological polar surface area (TPSA) is 0 Å². The monoisotopic (exact) mass is 326 g/mol. The number of hydrogen-bond donors (Lipinski definition) is 0. The average molecular weight is 327 g/mol. The molecule has 1 unspecified atom stereocenters. The highest BCUT2D eigenvalue weighted by Crippen LogP contribution is 2.29. The van der Waals surface area contributed by atoms with Gasteiger partial charge in [0.15, 0.2) is 0 Å². The summed E-state index contributed by atoms with van der Waals surface area (Å²) in [6.45, 7) is 15.4. The van der Waals surface area contributed by atoms with Crippen LogP contribution in [0.15, 0.2) is 30.4 Å². The average Bonchev–Trinajstić information content (AvgIpc) is 2.58. The van der Waals surface area contributed by atoms with E-state index in [1.807, 2.05) is 0 Å². The summed E-state index contributed by atoms with van der Waals surface area (Å²) in [4.78, 5) is 0. The molecule has 1 aromatic rings. The van der Waals surface area contributed by atoms with Crippen molar-refractivity contribution >= 4 is 6.08 Å². The number of unbranched alkanes of at least 4 members (excludes halogenated alkanes) is 1. The van der Waals surface area contributed by atoms with Gasteiger partial charge in [-0.3, -0.25) is 0 Å². The van der Waals surface area contributed by atoms with E-state index in [4.69, 9.17) is 0 Å². The van der Waals surface area contributed by atoms with Crippen molar-refractivity contribution in [2.24, 2.45) is 5.92 Å². The quantitative estimate of drug-likeness (QED) is 0.366. The fraction of sp³-hybridized carbons (Fsp3) is 0.583. The standard InChI is InChI=1S/C24H38/c1-7-11-14-21(10-4)20(6)18-24-19(5)16-17-22(13-9-3)23(24)15-12-8-2/h8,16-18,21H,2,7,9-15H2,1,3-6H3/b20-18+. The summed E-state index contributed by atoms with van der Waals surface area (Å²) in [6, 6.07) is 4.66. The fourth-order valence-electron chi connectivity index (χ4n) is 3.62. The molecule has 0 fully saturated rings. The van der Waals surface area contributed by atoms with Crippen molar-refractivity contribution in [3.63, 3.8) is 0 Å². The molecule has 0 aromatic heterocycles. The third kappa shape index (κ3) is 5.96. The van der Waals surface area contributed by atoms with Crippen molar-refractivity contribution in [2.45, 2.75) is 86.0 Å². The Bertz CT molecular complexity index is 533. The molecular weight excluding hydrogens is 288 g/mol. The van der Waals surface area contributed by atoms with Gasteiger partial charge in [0.25, 0.3) is 0 Å². The molecule has 0 bridgehead atoms. The molecule has 0 aliphatic carbocycles. The lowest BCUT2D eigenvalue weighted by atomic mass is 9.86. The predicted octanol–water partition coefficient (Wildman–Crippen LogP) is 7.69. The SMILES string of the molecule is C=CCCc1c(CCC)ccc(C)c1/C=C(\C)C(CC)CCCC. The van der Waals surface area contributed by atoms with Crippen molar-refractivity contribution in [2.75, 3.05) is 0 Å². The zero-order chi connectivity index (χ0) is 17.9. The second-order valence-corrected chi connectivity index (χ2v) is 7.15. The van der Waals surface area contributed by atoms with Crippen LogP contribution in [0.1, 0.15) is 88.5 Å². The lowest BCUT2D eigenvalue weighted by molar-refractivity contribution is 0.517. The molecule has 0 spiro atoms. The first-order valence-corrected chi connectivity index (χ1v) is 9.99. The van der Waals surface area contributed by atoms with Gasteiger partial charge in [-0.1, -0.05) is 69.9 Å². The van der Waals surface area contributed by atoms with E-state index < -0.39 is 0 Å². The fourth-order valence-corrected chi connectivity index (χ4v) is 3.62. The van der Waals surface area contributed by atoms with E-state index in [9.17, 15) is 0 Å². The first-order valence-electron chi connectivity index (χ1n) is 9.99. The summed E-state index contributed by atoms with van der Waals surface area (Å²) >= 11 is 0. The Kier molecular flexibility index (Phi) is 9.76. The van der Waals surface area contributed by atoms with E-state index in [1.54, 1.807) is 11.1 Å². The minimum absolute atomic E-state index is 0.728. The molecule has 0 N–H and O–H groups in total. The lowest BCUT2D eigenvalue weighted by Gasteiger charge is -2.19. The van der Waals surface area contributed by atoms with Gasteiger partial charge in [0.1, 0.15) is 0 Å². The highest BCUT2D eigenvalue weighted by Gasteiger charge is 2.12. The van der Waals surface area contributed by atoms with Gasteiger partial charge in [-0.05, 0) is 74.1 Å². The molecule has 1 aromatic carbocycles. The molecule has 1 rings (SSSR count). The Balaban J connectivity index is 3.25. The Morgan fingerprint density at radius 1 is 1.12 bits per heavy atom. The van der Waals surface area contributed by atoms with Gasteiger partial charge in [-0.25, -0.2) is 0 Å². The van der Waals surface area contributed by atoms with Gasteiger partial charge in [0.2, 0.25) is 0 Å². The Labute approximate surface area is 151 Å². The number of benzene rings is 1. The third-order valence-electron chi connectivity index (χ3n) is 5.20. The number of rotatable bonds is 11. The maximum Gasteiger partial charge on any atom is -0.0193 e. The molecular formula is C24H38. The minimum atomic E-state index is 0.728. The van der Waals surface area contributed by atoms with Gasteiger partial charge in [0, 0.05) is 0 Å². The summed E-state index contributed by atoms with van der Waals surface area (Å²) in [6.07, 6.45) is 14.3. The third-order valence-corrected chi connectivity index (χ3v) is 5.20. The predicted molar refractivity (Wildman–Crippen MR) is 111 cm³/mol. The molecule has 0 heteroatoms. The summed E-state index contributed by atoms with van der Waals surface area (Å²) in [5.41, 5.74) is 7.54. The highest BCUT2D eigenvalue weighted by atomic mass is 14.2. The van der Waals surface area contributed by atoms with Crippen LogP contribution < -0.4 is 0 Å². The van der Waals surface area contributed by atoms with E-state index >= 15 is 0 Å². The Morgan fingerprint density at radius 3 is 2.46 bits per heavy atom. The summed E-state index contributed by atoms with van der Waals surface area (Å²) < 4.78 is 0. The summed E-state index contributed by atoms with van der Waals surface area (Å²) in [5.74, 6) is 0.728. The van der Waals surface area contributed by atoms with Gasteiger partial charge >= 0.3 is 0 Å². The van der Waals surface area contributed by atoms with Crippen LogP contribution >= 0.6 is 0 Å². The van der Waals surface area contributed by atoms with Crippen LogP contribution in [0.5, 0.6) is 0 Å². The molecule has 0 saturated heterocycles. The van der Waals surface area contributed by atoms with E-state index in [1.165, 1.54) is 55.2 Å². The highest BCUT2D eigenvalue weighted by molar-refractivity contribution is 5.62. The largest absolute Gasteiger partial charge is 0.103 e. The molecule has 0 saturated carbocycles. The summed E-state index contributed by atoms with van der Waals surface area (Å²) in [7, 11) is 0. The smallest absolute Gasteiger partial charge is 0.0193 e. The molecule has 1 atom stereocenters. The molecule has 0 amide bonds. The molecule has 24 heavy (non-hydrogen) atoms. The zero-order valence-electron chi connectivity index (χ0n) is 16.8. The maximum atomic E-state index is 3.92. The van der Waals surface area contributed by atoms with Crippen LogP contribution in [-0.4, -0.2) is 0 Å². The number of aryl methyl sites for hydroxylation is 2. The molecule has 0 nitrogen and oxygen atoms in total. The Hall–Kier alpha value is -1.30. The van der Waals surface area contributed by atoms with Crippen molar-refractivity contribution < 1.29 is 0 Å². The first kappa shape index (κ1) is 20.7. The molecule has 0 aliphatic rings. The van der Waals surface area contributed by atoms with E-state index in [2.05, 4.69) is 65.5 Å². The normalized spacial score (nSPS) is 13.1. The van der Waals surface area contributed by atoms with Gasteiger partial charge in [0.05, 0.1) is 0 Å². The molecule has 0 aliphatic heterocycles. The van der Waals surface area contributed by atoms with Gasteiger partial charge < -0.3 is 0 Å². The molecule has 134 valence electrons. The van der Waals surface area contributed by atoms with E-state index in [-0.39, 0.29) is 0 Å². The second kappa shape index (κ2) is 11.3. The second-order valence-electron chi connectivity index (χ2n) is 7.15. The van der Waals surface area contributed by atoms with Crippen molar-refractivity contribution in [1.82, 2.24) is 0 Å². The van der Waals surface area contributed by atoms with Crippen molar-refractivity contribution in [3.8, 4) is 0 Å². The van der Waals surface area contributed by atoms with Gasteiger partial charge in [-0.15, -0.1) is 6.58 Å². The van der Waals surface area contributed by atoms with Crippen LogP contribution in [0, 0.1) is 12.8 Å². The maximum absolute atomic E-state index is 3.92. The van der Waals surface area contributed by atoms with Crippen LogP contribution in [0.2, 0.25) is 0 Å². The summed E-state index contributed by atoms with van der Waals surface area (Å²) in [5, 5.41) is 0. The molecule has 0 radical (unpaired) electrons. The zero-order valence-corrected chi connectivity index (χ0v) is 16.8. The van der Waals surface area contributed by atoms with E-state index in [0.717, 1.165) is 18.8 Å². The molecule has 0 heterocycles. The van der Waals surface area contributed by atoms with Gasteiger partial charge in [-0.2, -0.15) is 0 Å². The van der Waals surface area contributed by atoms with Crippen LogP contribution in [0.3, 0.4) is 0 Å². The Morgan fingerprint density at radius 2 is 1.88 bits per heavy atom. The first-order chi connectivity index (χ1) is 11.6. The van der Waals surface area contributed by atoms with Crippen molar-refractivity contribution in [1.29, 1.82) is 0 Å². The van der Waals surface area contributed by atoms with Crippen LogP contribution in [0.4, 0.5) is 0 Å².